The van der Waals surface area contributed by atoms with Gasteiger partial charge in [-0.25, -0.2) is 4.68 Å². The van der Waals surface area contributed by atoms with Gasteiger partial charge in [-0.15, -0.1) is 5.10 Å². The molecule has 0 aliphatic carbocycles. The number of nitrogens with zero attached hydrogens (tertiary/aromatic N) is 4. The van der Waals surface area contributed by atoms with Gasteiger partial charge in [0.05, 0.1) is 12.0 Å². The SMILES string of the molecule is CCCN(CCC)C(=O)c1nc(-c2ccco2)n(-c2ccc(C)cc2)n1. The number of furan rings is 1. The molecule has 0 radical (unpaired) electrons. The number of benzene rings is 1. The van der Waals surface area contributed by atoms with Gasteiger partial charge in [0.15, 0.2) is 11.6 Å². The molecule has 0 N–H and O–H groups in total. The fourth-order valence-electron chi connectivity index (χ4n) is 2.83. The Morgan fingerprint density at radius 1 is 1.12 bits per heavy atom. The molecule has 3 rings (SSSR count). The first-order valence-electron chi connectivity index (χ1n) is 9.01. The molecule has 6 nitrogen and oxygen atoms in total. The van der Waals surface area contributed by atoms with E-state index in [1.165, 1.54) is 0 Å². The second-order valence-electron chi connectivity index (χ2n) is 6.28. The maximum absolute atomic E-state index is 12.9. The fourth-order valence-corrected chi connectivity index (χ4v) is 2.83. The zero-order valence-electron chi connectivity index (χ0n) is 15.5. The van der Waals surface area contributed by atoms with E-state index in [0.29, 0.717) is 24.7 Å². The Hall–Kier alpha value is -2.89. The summed E-state index contributed by atoms with van der Waals surface area (Å²) in [4.78, 5) is 19.2. The third kappa shape index (κ3) is 3.69. The molecule has 2 aromatic heterocycles. The van der Waals surface area contributed by atoms with Gasteiger partial charge in [0, 0.05) is 13.1 Å². The van der Waals surface area contributed by atoms with Crippen molar-refractivity contribution in [1.82, 2.24) is 19.7 Å². The Morgan fingerprint density at radius 2 is 1.81 bits per heavy atom. The van der Waals surface area contributed by atoms with Crippen LogP contribution in [0.15, 0.2) is 47.1 Å². The predicted octanol–water partition coefficient (Wildman–Crippen LogP) is 4.10. The van der Waals surface area contributed by atoms with Crippen LogP contribution in [0, 0.1) is 6.92 Å². The minimum Gasteiger partial charge on any atom is -0.461 e. The second kappa shape index (κ2) is 7.99. The fraction of sp³-hybridized carbons (Fsp3) is 0.350. The van der Waals surface area contributed by atoms with E-state index in [1.807, 2.05) is 37.3 Å². The van der Waals surface area contributed by atoms with Crippen molar-refractivity contribution in [3.8, 4) is 17.3 Å². The van der Waals surface area contributed by atoms with Crippen LogP contribution in [0.1, 0.15) is 42.9 Å². The van der Waals surface area contributed by atoms with Crippen molar-refractivity contribution in [3.05, 3.63) is 54.0 Å². The Morgan fingerprint density at radius 3 is 2.38 bits per heavy atom. The van der Waals surface area contributed by atoms with Crippen LogP contribution in [0.3, 0.4) is 0 Å². The Kier molecular flexibility index (Phi) is 5.51. The second-order valence-corrected chi connectivity index (χ2v) is 6.28. The molecule has 0 aliphatic heterocycles. The lowest BCUT2D eigenvalue weighted by Gasteiger charge is -2.19. The van der Waals surface area contributed by atoms with Crippen LogP contribution in [-0.4, -0.2) is 38.7 Å². The van der Waals surface area contributed by atoms with Crippen molar-refractivity contribution >= 4 is 5.91 Å². The molecule has 0 fully saturated rings. The maximum atomic E-state index is 12.9. The summed E-state index contributed by atoms with van der Waals surface area (Å²) in [7, 11) is 0. The number of aryl methyl sites for hydroxylation is 1. The molecule has 136 valence electrons. The van der Waals surface area contributed by atoms with Crippen LogP contribution in [-0.2, 0) is 0 Å². The lowest BCUT2D eigenvalue weighted by Crippen LogP contribution is -2.33. The van der Waals surface area contributed by atoms with E-state index in [4.69, 9.17) is 4.42 Å². The molecule has 3 aromatic rings. The molecule has 0 unspecified atom stereocenters. The molecule has 0 atom stereocenters. The number of carbonyl (C=O) groups excluding carboxylic acids is 1. The van der Waals surface area contributed by atoms with Crippen molar-refractivity contribution < 1.29 is 9.21 Å². The Labute approximate surface area is 153 Å². The van der Waals surface area contributed by atoms with Gasteiger partial charge in [0.25, 0.3) is 5.91 Å². The van der Waals surface area contributed by atoms with Crippen molar-refractivity contribution in [2.24, 2.45) is 0 Å². The van der Waals surface area contributed by atoms with E-state index in [-0.39, 0.29) is 11.7 Å². The van der Waals surface area contributed by atoms with Crippen molar-refractivity contribution in [3.63, 3.8) is 0 Å². The molecule has 2 heterocycles. The number of hydrogen-bond acceptors (Lipinski definition) is 4. The summed E-state index contributed by atoms with van der Waals surface area (Å²) in [5.74, 6) is 1.15. The van der Waals surface area contributed by atoms with Crippen molar-refractivity contribution in [2.75, 3.05) is 13.1 Å². The molecule has 6 heteroatoms. The van der Waals surface area contributed by atoms with Crippen molar-refractivity contribution in [2.45, 2.75) is 33.6 Å². The van der Waals surface area contributed by atoms with Crippen LogP contribution in [0.4, 0.5) is 0 Å². The van der Waals surface area contributed by atoms with Crippen LogP contribution in [0.25, 0.3) is 17.3 Å². The summed E-state index contributed by atoms with van der Waals surface area (Å²) >= 11 is 0. The van der Waals surface area contributed by atoms with Gasteiger partial charge in [0.2, 0.25) is 5.82 Å². The minimum absolute atomic E-state index is 0.146. The van der Waals surface area contributed by atoms with E-state index in [2.05, 4.69) is 23.9 Å². The molecule has 0 spiro atoms. The van der Waals surface area contributed by atoms with E-state index < -0.39 is 0 Å². The zero-order valence-corrected chi connectivity index (χ0v) is 15.5. The number of hydrogen-bond donors (Lipinski definition) is 0. The highest BCUT2D eigenvalue weighted by Gasteiger charge is 2.23. The van der Waals surface area contributed by atoms with E-state index >= 15 is 0 Å². The summed E-state index contributed by atoms with van der Waals surface area (Å²) < 4.78 is 7.17. The van der Waals surface area contributed by atoms with Gasteiger partial charge in [-0.05, 0) is 44.0 Å². The van der Waals surface area contributed by atoms with Gasteiger partial charge in [0.1, 0.15) is 0 Å². The monoisotopic (exact) mass is 352 g/mol. The lowest BCUT2D eigenvalue weighted by molar-refractivity contribution is 0.0743. The van der Waals surface area contributed by atoms with E-state index in [9.17, 15) is 4.79 Å². The third-order valence-corrected chi connectivity index (χ3v) is 4.09. The molecule has 0 saturated heterocycles. The first-order valence-corrected chi connectivity index (χ1v) is 9.01. The summed E-state index contributed by atoms with van der Waals surface area (Å²) in [6.45, 7) is 7.54. The normalized spacial score (nSPS) is 10.9. The molecule has 1 aromatic carbocycles. The molecule has 0 bridgehead atoms. The van der Waals surface area contributed by atoms with Gasteiger partial charge in [-0.2, -0.15) is 4.98 Å². The summed E-state index contributed by atoms with van der Waals surface area (Å²) in [6, 6.07) is 11.5. The predicted molar refractivity (Wildman–Crippen MR) is 100 cm³/mol. The van der Waals surface area contributed by atoms with Crippen molar-refractivity contribution in [1.29, 1.82) is 0 Å². The number of amides is 1. The topological polar surface area (TPSA) is 64.2 Å². The smallest absolute Gasteiger partial charge is 0.293 e. The van der Waals surface area contributed by atoms with E-state index in [0.717, 1.165) is 24.1 Å². The largest absolute Gasteiger partial charge is 0.461 e. The van der Waals surface area contributed by atoms with Gasteiger partial charge in [-0.3, -0.25) is 4.79 Å². The third-order valence-electron chi connectivity index (χ3n) is 4.09. The van der Waals surface area contributed by atoms with Gasteiger partial charge < -0.3 is 9.32 Å². The summed E-state index contributed by atoms with van der Waals surface area (Å²) in [5, 5.41) is 4.51. The highest BCUT2D eigenvalue weighted by molar-refractivity contribution is 5.91. The first kappa shape index (κ1) is 17.9. The standard InChI is InChI=1S/C20H24N4O2/c1-4-12-23(13-5-2)20(25)18-21-19(17-7-6-14-26-17)24(22-18)16-10-8-15(3)9-11-16/h6-11,14H,4-5,12-13H2,1-3H3. The van der Waals surface area contributed by atoms with Crippen LogP contribution in [0.2, 0.25) is 0 Å². The molecular weight excluding hydrogens is 328 g/mol. The number of aromatic nitrogens is 3. The molecule has 0 saturated carbocycles. The van der Waals surface area contributed by atoms with Crippen LogP contribution in [0.5, 0.6) is 0 Å². The highest BCUT2D eigenvalue weighted by Crippen LogP contribution is 2.22. The van der Waals surface area contributed by atoms with Gasteiger partial charge >= 0.3 is 0 Å². The molecular formula is C20H24N4O2. The lowest BCUT2D eigenvalue weighted by atomic mass is 10.2. The highest BCUT2D eigenvalue weighted by atomic mass is 16.3. The van der Waals surface area contributed by atoms with Gasteiger partial charge in [-0.1, -0.05) is 31.5 Å². The van der Waals surface area contributed by atoms with Crippen LogP contribution >= 0.6 is 0 Å². The Balaban J connectivity index is 2.04. The summed E-state index contributed by atoms with van der Waals surface area (Å²) in [5.41, 5.74) is 1.99. The van der Waals surface area contributed by atoms with E-state index in [1.54, 1.807) is 21.9 Å². The molecule has 0 aliphatic rings. The Bertz CT molecular complexity index is 845. The summed E-state index contributed by atoms with van der Waals surface area (Å²) in [6.07, 6.45) is 3.39. The molecule has 1 amide bonds. The maximum Gasteiger partial charge on any atom is 0.293 e. The van der Waals surface area contributed by atoms with Crippen LogP contribution < -0.4 is 0 Å². The minimum atomic E-state index is -0.146. The molecule has 26 heavy (non-hydrogen) atoms. The zero-order chi connectivity index (χ0) is 18.5. The average molecular weight is 352 g/mol. The quantitative estimate of drug-likeness (QED) is 0.642. The first-order chi connectivity index (χ1) is 12.6. The number of carbonyl (C=O) groups is 1. The average Bonchev–Trinajstić information content (AvgIpc) is 3.31. The number of rotatable bonds is 7.